The molecule has 0 fully saturated rings. The summed E-state index contributed by atoms with van der Waals surface area (Å²) in [5.41, 5.74) is 6.21. The molecule has 0 saturated heterocycles. The standard InChI is InChI=1S/C11H19NO2Si/c1-15(2,3)14-10-6-4-5-9(7-10)11(13)8-12/h4-7,11,13H,8,12H2,1-3H3. The van der Waals surface area contributed by atoms with Gasteiger partial charge in [0.2, 0.25) is 8.32 Å². The third-order valence-electron chi connectivity index (χ3n) is 1.89. The Morgan fingerprint density at radius 2 is 2.07 bits per heavy atom. The highest BCUT2D eigenvalue weighted by atomic mass is 28.4. The summed E-state index contributed by atoms with van der Waals surface area (Å²) >= 11 is 0. The molecule has 0 heterocycles. The number of aliphatic hydroxyl groups is 1. The Morgan fingerprint density at radius 1 is 1.40 bits per heavy atom. The molecule has 1 rings (SSSR count). The molecule has 0 spiro atoms. The minimum Gasteiger partial charge on any atom is -0.544 e. The van der Waals surface area contributed by atoms with Crippen LogP contribution in [0, 0.1) is 0 Å². The van der Waals surface area contributed by atoms with Crippen molar-refractivity contribution in [3.63, 3.8) is 0 Å². The summed E-state index contributed by atoms with van der Waals surface area (Å²) in [7, 11) is -1.58. The van der Waals surface area contributed by atoms with Crippen LogP contribution in [0.5, 0.6) is 5.75 Å². The topological polar surface area (TPSA) is 55.5 Å². The lowest BCUT2D eigenvalue weighted by molar-refractivity contribution is 0.186. The maximum absolute atomic E-state index is 9.58. The second-order valence-corrected chi connectivity index (χ2v) is 8.97. The number of hydrogen-bond acceptors (Lipinski definition) is 3. The summed E-state index contributed by atoms with van der Waals surface area (Å²) in [6.45, 7) is 6.60. The zero-order chi connectivity index (χ0) is 11.5. The highest BCUT2D eigenvalue weighted by Crippen LogP contribution is 2.21. The van der Waals surface area contributed by atoms with Gasteiger partial charge in [-0.05, 0) is 37.3 Å². The lowest BCUT2D eigenvalue weighted by Crippen LogP contribution is -2.29. The predicted molar refractivity (Wildman–Crippen MR) is 64.4 cm³/mol. The van der Waals surface area contributed by atoms with Gasteiger partial charge in [0, 0.05) is 6.54 Å². The molecule has 0 aromatic heterocycles. The van der Waals surface area contributed by atoms with Gasteiger partial charge in [0.25, 0.3) is 0 Å². The van der Waals surface area contributed by atoms with Crippen molar-refractivity contribution in [1.29, 1.82) is 0 Å². The molecule has 0 aliphatic heterocycles. The SMILES string of the molecule is C[Si](C)(C)Oc1cccc(C(O)CN)c1. The summed E-state index contributed by atoms with van der Waals surface area (Å²) in [4.78, 5) is 0. The molecule has 0 aliphatic rings. The number of hydrogen-bond donors (Lipinski definition) is 2. The van der Waals surface area contributed by atoms with Crippen molar-refractivity contribution in [3.8, 4) is 5.75 Å². The summed E-state index contributed by atoms with van der Waals surface area (Å²) in [6.07, 6.45) is -0.602. The van der Waals surface area contributed by atoms with E-state index in [1.165, 1.54) is 0 Å². The van der Waals surface area contributed by atoms with E-state index in [-0.39, 0.29) is 6.54 Å². The summed E-state index contributed by atoms with van der Waals surface area (Å²) in [5.74, 6) is 0.819. The summed E-state index contributed by atoms with van der Waals surface area (Å²) < 4.78 is 5.82. The van der Waals surface area contributed by atoms with E-state index < -0.39 is 14.4 Å². The molecule has 0 bridgehead atoms. The van der Waals surface area contributed by atoms with Gasteiger partial charge in [0.05, 0.1) is 6.10 Å². The van der Waals surface area contributed by atoms with Crippen molar-refractivity contribution in [2.75, 3.05) is 6.54 Å². The molecule has 1 aromatic rings. The van der Waals surface area contributed by atoms with Gasteiger partial charge >= 0.3 is 0 Å². The Balaban J connectivity index is 2.83. The first-order valence-corrected chi connectivity index (χ1v) is 8.50. The first-order valence-electron chi connectivity index (χ1n) is 5.09. The van der Waals surface area contributed by atoms with Gasteiger partial charge in [-0.1, -0.05) is 12.1 Å². The first kappa shape index (κ1) is 12.2. The molecule has 0 amide bonds. The Labute approximate surface area is 92.0 Å². The van der Waals surface area contributed by atoms with Crippen LogP contribution in [0.25, 0.3) is 0 Å². The lowest BCUT2D eigenvalue weighted by atomic mass is 10.1. The molecular weight excluding hydrogens is 206 g/mol. The zero-order valence-electron chi connectivity index (χ0n) is 9.53. The lowest BCUT2D eigenvalue weighted by Gasteiger charge is -2.20. The Hall–Kier alpha value is -0.843. The minimum absolute atomic E-state index is 0.233. The average Bonchev–Trinajstić information content (AvgIpc) is 2.14. The van der Waals surface area contributed by atoms with Crippen LogP contribution in [-0.4, -0.2) is 20.0 Å². The fourth-order valence-electron chi connectivity index (χ4n) is 1.27. The maximum atomic E-state index is 9.58. The van der Waals surface area contributed by atoms with Gasteiger partial charge in [0.15, 0.2) is 0 Å². The molecule has 0 aliphatic carbocycles. The van der Waals surface area contributed by atoms with E-state index in [9.17, 15) is 5.11 Å². The van der Waals surface area contributed by atoms with Gasteiger partial charge < -0.3 is 15.3 Å². The van der Waals surface area contributed by atoms with Gasteiger partial charge in [-0.15, -0.1) is 0 Å². The van der Waals surface area contributed by atoms with Gasteiger partial charge in [0.1, 0.15) is 5.75 Å². The smallest absolute Gasteiger partial charge is 0.242 e. The number of nitrogens with two attached hydrogens (primary N) is 1. The maximum Gasteiger partial charge on any atom is 0.242 e. The number of rotatable bonds is 4. The van der Waals surface area contributed by atoms with Crippen molar-refractivity contribution < 1.29 is 9.53 Å². The molecular formula is C11H19NO2Si. The van der Waals surface area contributed by atoms with Crippen molar-refractivity contribution in [2.24, 2.45) is 5.73 Å². The van der Waals surface area contributed by atoms with Crippen LogP contribution in [0.2, 0.25) is 19.6 Å². The highest BCUT2D eigenvalue weighted by molar-refractivity contribution is 6.70. The predicted octanol–water partition coefficient (Wildman–Crippen LogP) is 1.89. The first-order chi connectivity index (χ1) is 6.92. The molecule has 3 N–H and O–H groups in total. The second kappa shape index (κ2) is 4.79. The van der Waals surface area contributed by atoms with E-state index in [0.717, 1.165) is 11.3 Å². The molecule has 1 unspecified atom stereocenters. The zero-order valence-corrected chi connectivity index (χ0v) is 10.5. The van der Waals surface area contributed by atoms with Gasteiger partial charge in [-0.25, -0.2) is 0 Å². The molecule has 0 saturated carbocycles. The summed E-state index contributed by atoms with van der Waals surface area (Å²) in [5, 5.41) is 9.58. The minimum atomic E-state index is -1.58. The van der Waals surface area contributed by atoms with E-state index in [2.05, 4.69) is 19.6 Å². The second-order valence-electron chi connectivity index (χ2n) is 4.54. The Kier molecular flexibility index (Phi) is 3.90. The van der Waals surface area contributed by atoms with Crippen LogP contribution in [0.1, 0.15) is 11.7 Å². The van der Waals surface area contributed by atoms with E-state index in [1.807, 2.05) is 24.3 Å². The van der Waals surface area contributed by atoms with Crippen LogP contribution in [0.15, 0.2) is 24.3 Å². The van der Waals surface area contributed by atoms with Crippen LogP contribution in [0.3, 0.4) is 0 Å². The van der Waals surface area contributed by atoms with Gasteiger partial charge in [-0.3, -0.25) is 0 Å². The van der Waals surface area contributed by atoms with Crippen LogP contribution in [0.4, 0.5) is 0 Å². The Morgan fingerprint density at radius 3 is 2.60 bits per heavy atom. The third kappa shape index (κ3) is 4.03. The molecule has 1 atom stereocenters. The van der Waals surface area contributed by atoms with Gasteiger partial charge in [-0.2, -0.15) is 0 Å². The van der Waals surface area contributed by atoms with E-state index in [0.29, 0.717) is 0 Å². The third-order valence-corrected chi connectivity index (χ3v) is 2.74. The number of aliphatic hydroxyl groups excluding tert-OH is 1. The van der Waals surface area contributed by atoms with Crippen LogP contribution in [-0.2, 0) is 0 Å². The van der Waals surface area contributed by atoms with Crippen LogP contribution < -0.4 is 10.2 Å². The Bertz CT molecular complexity index is 323. The average molecular weight is 225 g/mol. The quantitative estimate of drug-likeness (QED) is 0.769. The van der Waals surface area contributed by atoms with Crippen LogP contribution >= 0.6 is 0 Å². The molecule has 0 radical (unpaired) electrons. The fourth-order valence-corrected chi connectivity index (χ4v) is 2.11. The van der Waals surface area contributed by atoms with Crippen molar-refractivity contribution in [2.45, 2.75) is 25.7 Å². The highest BCUT2D eigenvalue weighted by Gasteiger charge is 2.16. The van der Waals surface area contributed by atoms with E-state index in [1.54, 1.807) is 0 Å². The fraction of sp³-hybridized carbons (Fsp3) is 0.455. The molecule has 4 heteroatoms. The van der Waals surface area contributed by atoms with Crippen molar-refractivity contribution >= 4 is 8.32 Å². The number of benzene rings is 1. The van der Waals surface area contributed by atoms with E-state index in [4.69, 9.17) is 10.2 Å². The van der Waals surface area contributed by atoms with Crippen molar-refractivity contribution in [3.05, 3.63) is 29.8 Å². The van der Waals surface area contributed by atoms with E-state index >= 15 is 0 Å². The van der Waals surface area contributed by atoms with Crippen molar-refractivity contribution in [1.82, 2.24) is 0 Å². The monoisotopic (exact) mass is 225 g/mol. The molecule has 1 aromatic carbocycles. The normalized spacial score (nSPS) is 13.7. The molecule has 84 valence electrons. The molecule has 3 nitrogen and oxygen atoms in total. The largest absolute Gasteiger partial charge is 0.544 e. The summed E-state index contributed by atoms with van der Waals surface area (Å²) in [6, 6.07) is 7.50. The molecule has 15 heavy (non-hydrogen) atoms.